The van der Waals surface area contributed by atoms with Crippen molar-refractivity contribution in [3.8, 4) is 0 Å². The summed E-state index contributed by atoms with van der Waals surface area (Å²) in [5, 5.41) is 0. The molecule has 0 aromatic rings. The molecule has 0 amide bonds. The zero-order valence-corrected chi connectivity index (χ0v) is 15.2. The summed E-state index contributed by atoms with van der Waals surface area (Å²) >= 11 is 0. The first-order valence-corrected chi connectivity index (χ1v) is 7.91. The lowest BCUT2D eigenvalue weighted by molar-refractivity contribution is 0.538. The molecule has 0 saturated carbocycles. The number of rotatable bonds is 13. The van der Waals surface area contributed by atoms with Gasteiger partial charge < -0.3 is 0 Å². The summed E-state index contributed by atoms with van der Waals surface area (Å²) in [6, 6.07) is 0. The second kappa shape index (κ2) is 22.9. The van der Waals surface area contributed by atoms with Crippen molar-refractivity contribution in [1.29, 1.82) is 0 Å². The third-order valence-electron chi connectivity index (χ3n) is 3.46. The minimum absolute atomic E-state index is 0. The lowest BCUT2D eigenvalue weighted by Crippen LogP contribution is -1.82. The molecule has 0 saturated heterocycles. The summed E-state index contributed by atoms with van der Waals surface area (Å²) < 4.78 is 0. The van der Waals surface area contributed by atoms with E-state index in [0.717, 1.165) is 0 Å². The highest BCUT2D eigenvalue weighted by Crippen LogP contribution is 2.12. The van der Waals surface area contributed by atoms with Crippen molar-refractivity contribution in [2.75, 3.05) is 0 Å². The fraction of sp³-hybridized carbons (Fsp3) is 1.00. The van der Waals surface area contributed by atoms with Gasteiger partial charge in [0, 0.05) is 0 Å². The van der Waals surface area contributed by atoms with E-state index in [1.54, 1.807) is 0 Å². The van der Waals surface area contributed by atoms with Gasteiger partial charge in [-0.25, -0.2) is 0 Å². The van der Waals surface area contributed by atoms with E-state index in [0.29, 0.717) is 0 Å². The Bertz CT molecular complexity index is 104. The van der Waals surface area contributed by atoms with Crippen molar-refractivity contribution >= 4 is 29.4 Å². The van der Waals surface area contributed by atoms with E-state index in [2.05, 4.69) is 13.8 Å². The SMILES string of the molecule is Br.CCCCCCCCCCCCCCCC.Cl. The van der Waals surface area contributed by atoms with E-state index < -0.39 is 0 Å². The third kappa shape index (κ3) is 22.0. The van der Waals surface area contributed by atoms with Gasteiger partial charge in [-0.1, -0.05) is 104 Å². The summed E-state index contributed by atoms with van der Waals surface area (Å²) in [5.74, 6) is 0. The molecule has 0 N–H and O–H groups in total. The van der Waals surface area contributed by atoms with Gasteiger partial charge in [-0.15, -0.1) is 29.4 Å². The largest absolute Gasteiger partial charge is 0.147 e. The Morgan fingerprint density at radius 2 is 0.556 bits per heavy atom. The van der Waals surface area contributed by atoms with Gasteiger partial charge in [0.05, 0.1) is 0 Å². The van der Waals surface area contributed by atoms with Crippen LogP contribution in [0.1, 0.15) is 104 Å². The molecular formula is C16H36BrCl. The number of halogens is 2. The standard InChI is InChI=1S/C16H34.BrH.ClH/c1-3-5-7-9-11-13-15-16-14-12-10-8-6-4-2;;/h3-16H2,1-2H3;2*1H. The Morgan fingerprint density at radius 3 is 0.722 bits per heavy atom. The first kappa shape index (κ1) is 23.8. The lowest BCUT2D eigenvalue weighted by Gasteiger charge is -2.02. The molecule has 0 atom stereocenters. The predicted octanol–water partition coefficient (Wildman–Crippen LogP) is 7.49. The molecule has 0 aromatic heterocycles. The van der Waals surface area contributed by atoms with Gasteiger partial charge in [0.15, 0.2) is 0 Å². The van der Waals surface area contributed by atoms with Crippen LogP contribution in [0.15, 0.2) is 0 Å². The van der Waals surface area contributed by atoms with E-state index in [1.807, 2.05) is 0 Å². The Hall–Kier alpha value is 0.770. The van der Waals surface area contributed by atoms with E-state index in [9.17, 15) is 0 Å². The van der Waals surface area contributed by atoms with Crippen LogP contribution in [0.25, 0.3) is 0 Å². The van der Waals surface area contributed by atoms with Gasteiger partial charge >= 0.3 is 0 Å². The van der Waals surface area contributed by atoms with Crippen LogP contribution in [0.2, 0.25) is 0 Å². The fourth-order valence-corrected chi connectivity index (χ4v) is 2.27. The van der Waals surface area contributed by atoms with Gasteiger partial charge in [0.25, 0.3) is 0 Å². The van der Waals surface area contributed by atoms with E-state index in [4.69, 9.17) is 0 Å². The topological polar surface area (TPSA) is 0 Å². The van der Waals surface area contributed by atoms with Crippen LogP contribution in [-0.4, -0.2) is 0 Å². The van der Waals surface area contributed by atoms with Crippen LogP contribution < -0.4 is 0 Å². The van der Waals surface area contributed by atoms with Gasteiger partial charge in [-0.3, -0.25) is 0 Å². The molecule has 0 aliphatic carbocycles. The Morgan fingerprint density at radius 1 is 0.389 bits per heavy atom. The second-order valence-electron chi connectivity index (χ2n) is 5.24. The van der Waals surface area contributed by atoms with Crippen LogP contribution in [0.3, 0.4) is 0 Å². The monoisotopic (exact) mass is 342 g/mol. The van der Waals surface area contributed by atoms with Gasteiger partial charge in [0.2, 0.25) is 0 Å². The summed E-state index contributed by atoms with van der Waals surface area (Å²) in [4.78, 5) is 0. The number of unbranched alkanes of at least 4 members (excludes halogenated alkanes) is 13. The number of hydrogen-bond donors (Lipinski definition) is 0. The van der Waals surface area contributed by atoms with Crippen LogP contribution >= 0.6 is 29.4 Å². The molecule has 0 rings (SSSR count). The zero-order chi connectivity index (χ0) is 11.9. The molecule has 0 heterocycles. The van der Waals surface area contributed by atoms with Crippen molar-refractivity contribution in [1.82, 2.24) is 0 Å². The average Bonchev–Trinajstić information content (AvgIpc) is 2.31. The normalized spacial score (nSPS) is 9.67. The highest BCUT2D eigenvalue weighted by atomic mass is 79.9. The maximum absolute atomic E-state index is 2.29. The van der Waals surface area contributed by atoms with Crippen LogP contribution in [0, 0.1) is 0 Å². The van der Waals surface area contributed by atoms with Crippen LogP contribution in [0.4, 0.5) is 0 Å². The van der Waals surface area contributed by atoms with Crippen LogP contribution in [0.5, 0.6) is 0 Å². The van der Waals surface area contributed by atoms with Crippen molar-refractivity contribution in [2.45, 2.75) is 104 Å². The molecule has 0 nitrogen and oxygen atoms in total. The summed E-state index contributed by atoms with van der Waals surface area (Å²) in [7, 11) is 0. The van der Waals surface area contributed by atoms with Gasteiger partial charge in [0.1, 0.15) is 0 Å². The molecule has 2 heteroatoms. The minimum Gasteiger partial charge on any atom is -0.147 e. The molecule has 0 unspecified atom stereocenters. The zero-order valence-electron chi connectivity index (χ0n) is 12.7. The molecule has 114 valence electrons. The maximum atomic E-state index is 2.29. The smallest absolute Gasteiger partial charge is 0.0533 e. The van der Waals surface area contributed by atoms with Crippen molar-refractivity contribution < 1.29 is 0 Å². The van der Waals surface area contributed by atoms with Crippen molar-refractivity contribution in [2.24, 2.45) is 0 Å². The number of hydrogen-bond acceptors (Lipinski definition) is 0. The molecule has 18 heavy (non-hydrogen) atoms. The van der Waals surface area contributed by atoms with E-state index in [-0.39, 0.29) is 29.4 Å². The molecule has 0 spiro atoms. The van der Waals surface area contributed by atoms with Gasteiger partial charge in [-0.2, -0.15) is 0 Å². The second-order valence-corrected chi connectivity index (χ2v) is 5.24. The summed E-state index contributed by atoms with van der Waals surface area (Å²) in [6.07, 6.45) is 20.4. The van der Waals surface area contributed by atoms with E-state index in [1.165, 1.54) is 89.9 Å². The quantitative estimate of drug-likeness (QED) is 0.304. The summed E-state index contributed by atoms with van der Waals surface area (Å²) in [6.45, 7) is 4.58. The minimum atomic E-state index is 0. The molecule has 0 aromatic carbocycles. The Kier molecular flexibility index (Phi) is 30.3. The highest BCUT2D eigenvalue weighted by Gasteiger charge is 1.92. The molecule has 0 radical (unpaired) electrons. The summed E-state index contributed by atoms with van der Waals surface area (Å²) in [5.41, 5.74) is 0. The molecule has 0 aliphatic rings. The average molecular weight is 344 g/mol. The first-order valence-electron chi connectivity index (χ1n) is 7.91. The fourth-order valence-electron chi connectivity index (χ4n) is 2.27. The Labute approximate surface area is 133 Å². The molecular weight excluding hydrogens is 308 g/mol. The maximum Gasteiger partial charge on any atom is -0.0533 e. The van der Waals surface area contributed by atoms with Crippen LogP contribution in [-0.2, 0) is 0 Å². The van der Waals surface area contributed by atoms with Crippen molar-refractivity contribution in [3.63, 3.8) is 0 Å². The third-order valence-corrected chi connectivity index (χ3v) is 3.46. The lowest BCUT2D eigenvalue weighted by atomic mass is 10.0. The highest BCUT2D eigenvalue weighted by molar-refractivity contribution is 8.93. The molecule has 0 bridgehead atoms. The first-order chi connectivity index (χ1) is 7.91. The van der Waals surface area contributed by atoms with Crippen molar-refractivity contribution in [3.05, 3.63) is 0 Å². The molecule has 0 fully saturated rings. The predicted molar refractivity (Wildman–Crippen MR) is 93.6 cm³/mol. The van der Waals surface area contributed by atoms with E-state index >= 15 is 0 Å². The van der Waals surface area contributed by atoms with Gasteiger partial charge in [-0.05, 0) is 0 Å². The molecule has 0 aliphatic heterocycles. The Balaban J connectivity index is -0.00000112.